The number of para-hydroxylation sites is 1. The van der Waals surface area contributed by atoms with Crippen LogP contribution < -0.4 is 5.69 Å². The van der Waals surface area contributed by atoms with E-state index in [0.29, 0.717) is 6.54 Å². The second kappa shape index (κ2) is 9.38. The highest BCUT2D eigenvalue weighted by Crippen LogP contribution is 2.26. The SMILES string of the molecule is CCC=Cc1cn(CCC)c(=O)n1Cc1ccc(-c2ccccc2-n2cnnn2)cc1. The molecule has 0 fully saturated rings. The van der Waals surface area contributed by atoms with Gasteiger partial charge in [-0.15, -0.1) is 5.10 Å². The molecular formula is C24H26N6O. The fraction of sp³-hybridized carbons (Fsp3) is 0.250. The van der Waals surface area contributed by atoms with Crippen LogP contribution in [0.15, 0.2) is 71.9 Å². The Morgan fingerprint density at radius 3 is 2.55 bits per heavy atom. The first-order valence-electron chi connectivity index (χ1n) is 10.6. The molecule has 0 amide bonds. The average Bonchev–Trinajstić information content (AvgIpc) is 3.43. The number of nitrogens with zero attached hydrogens (tertiary/aromatic N) is 6. The number of benzene rings is 2. The van der Waals surface area contributed by atoms with Gasteiger partial charge in [0.05, 0.1) is 17.9 Å². The summed E-state index contributed by atoms with van der Waals surface area (Å²) in [6.45, 7) is 5.44. The second-order valence-electron chi connectivity index (χ2n) is 7.40. The number of aromatic nitrogens is 6. The minimum atomic E-state index is 0.0331. The minimum Gasteiger partial charge on any atom is -0.299 e. The quantitative estimate of drug-likeness (QED) is 0.434. The molecule has 2 aromatic carbocycles. The largest absolute Gasteiger partial charge is 0.328 e. The van der Waals surface area contributed by atoms with Crippen LogP contribution in [0.25, 0.3) is 22.9 Å². The highest BCUT2D eigenvalue weighted by molar-refractivity contribution is 5.72. The fourth-order valence-electron chi connectivity index (χ4n) is 3.64. The molecule has 0 unspecified atom stereocenters. The van der Waals surface area contributed by atoms with Gasteiger partial charge in [-0.25, -0.2) is 4.79 Å². The molecule has 0 aliphatic rings. The molecule has 0 aliphatic heterocycles. The fourth-order valence-corrected chi connectivity index (χ4v) is 3.64. The van der Waals surface area contributed by atoms with E-state index in [-0.39, 0.29) is 5.69 Å². The molecule has 0 atom stereocenters. The molecular weight excluding hydrogens is 388 g/mol. The third-order valence-electron chi connectivity index (χ3n) is 5.17. The highest BCUT2D eigenvalue weighted by Gasteiger charge is 2.11. The molecule has 31 heavy (non-hydrogen) atoms. The summed E-state index contributed by atoms with van der Waals surface area (Å²) in [6, 6.07) is 16.3. The maximum atomic E-state index is 12.9. The maximum Gasteiger partial charge on any atom is 0.328 e. The van der Waals surface area contributed by atoms with Crippen molar-refractivity contribution >= 4 is 6.08 Å². The molecule has 0 aliphatic carbocycles. The third-order valence-corrected chi connectivity index (χ3v) is 5.17. The number of allylic oxidation sites excluding steroid dienone is 1. The van der Waals surface area contributed by atoms with Gasteiger partial charge in [-0.05, 0) is 46.5 Å². The minimum absolute atomic E-state index is 0.0331. The summed E-state index contributed by atoms with van der Waals surface area (Å²) in [6.07, 6.45) is 9.52. The maximum absolute atomic E-state index is 12.9. The number of tetrazole rings is 1. The summed E-state index contributed by atoms with van der Waals surface area (Å²) in [7, 11) is 0. The molecule has 7 nitrogen and oxygen atoms in total. The van der Waals surface area contributed by atoms with Gasteiger partial charge in [0.1, 0.15) is 6.33 Å². The van der Waals surface area contributed by atoms with E-state index in [4.69, 9.17) is 0 Å². The zero-order valence-corrected chi connectivity index (χ0v) is 17.8. The normalized spacial score (nSPS) is 11.4. The lowest BCUT2D eigenvalue weighted by atomic mass is 10.0. The predicted molar refractivity (Wildman–Crippen MR) is 122 cm³/mol. The number of imidazole rings is 1. The Morgan fingerprint density at radius 1 is 1.03 bits per heavy atom. The first kappa shape index (κ1) is 20.5. The van der Waals surface area contributed by atoms with Crippen LogP contribution in [0.5, 0.6) is 0 Å². The average molecular weight is 415 g/mol. The van der Waals surface area contributed by atoms with E-state index >= 15 is 0 Å². The third kappa shape index (κ3) is 4.40. The molecule has 0 saturated carbocycles. The van der Waals surface area contributed by atoms with Crippen LogP contribution in [0.3, 0.4) is 0 Å². The van der Waals surface area contributed by atoms with Gasteiger partial charge < -0.3 is 0 Å². The van der Waals surface area contributed by atoms with Crippen molar-refractivity contribution < 1.29 is 0 Å². The van der Waals surface area contributed by atoms with Gasteiger partial charge in [0.25, 0.3) is 0 Å². The van der Waals surface area contributed by atoms with Crippen molar-refractivity contribution in [2.75, 3.05) is 0 Å². The summed E-state index contributed by atoms with van der Waals surface area (Å²) < 4.78 is 5.30. The summed E-state index contributed by atoms with van der Waals surface area (Å²) in [5.74, 6) is 0. The monoisotopic (exact) mass is 414 g/mol. The van der Waals surface area contributed by atoms with Crippen molar-refractivity contribution in [3.05, 3.63) is 88.9 Å². The predicted octanol–water partition coefficient (Wildman–Crippen LogP) is 4.17. The molecule has 0 bridgehead atoms. The van der Waals surface area contributed by atoms with Crippen molar-refractivity contribution in [2.24, 2.45) is 0 Å². The van der Waals surface area contributed by atoms with Crippen LogP contribution in [-0.4, -0.2) is 29.3 Å². The van der Waals surface area contributed by atoms with Crippen LogP contribution in [0.2, 0.25) is 0 Å². The molecule has 2 aromatic heterocycles. The van der Waals surface area contributed by atoms with Gasteiger partial charge in [0, 0.05) is 18.3 Å². The van der Waals surface area contributed by atoms with E-state index in [1.807, 2.05) is 35.0 Å². The molecule has 4 aromatic rings. The number of hydrogen-bond acceptors (Lipinski definition) is 4. The Morgan fingerprint density at radius 2 is 1.84 bits per heavy atom. The van der Waals surface area contributed by atoms with Crippen LogP contribution in [-0.2, 0) is 13.1 Å². The smallest absolute Gasteiger partial charge is 0.299 e. The second-order valence-corrected chi connectivity index (χ2v) is 7.40. The lowest BCUT2D eigenvalue weighted by Gasteiger charge is -2.10. The summed E-state index contributed by atoms with van der Waals surface area (Å²) in [4.78, 5) is 12.9. The van der Waals surface area contributed by atoms with Gasteiger partial charge in [-0.2, -0.15) is 4.68 Å². The number of hydrogen-bond donors (Lipinski definition) is 0. The zero-order chi connectivity index (χ0) is 21.6. The first-order valence-corrected chi connectivity index (χ1v) is 10.6. The van der Waals surface area contributed by atoms with Crippen molar-refractivity contribution in [3.8, 4) is 16.8 Å². The lowest BCUT2D eigenvalue weighted by molar-refractivity contribution is 0.623. The molecule has 0 saturated heterocycles. The number of aryl methyl sites for hydroxylation is 1. The highest BCUT2D eigenvalue weighted by atomic mass is 16.1. The summed E-state index contributed by atoms with van der Waals surface area (Å²) >= 11 is 0. The first-order chi connectivity index (χ1) is 15.2. The van der Waals surface area contributed by atoms with Crippen LogP contribution in [0.4, 0.5) is 0 Å². The van der Waals surface area contributed by atoms with Crippen molar-refractivity contribution in [1.82, 2.24) is 29.3 Å². The van der Waals surface area contributed by atoms with Gasteiger partial charge in [-0.1, -0.05) is 62.4 Å². The standard InChI is InChI=1S/C24H26N6O/c1-3-5-8-21-17-28(15-4-2)24(31)29(21)16-19-11-13-20(14-12-19)22-9-6-7-10-23(22)30-18-25-26-27-30/h5-14,17-18H,3-4,15-16H2,1-2H3. The van der Waals surface area contributed by atoms with E-state index in [0.717, 1.165) is 47.5 Å². The van der Waals surface area contributed by atoms with Crippen molar-refractivity contribution in [2.45, 2.75) is 39.8 Å². The zero-order valence-electron chi connectivity index (χ0n) is 17.8. The molecule has 158 valence electrons. The van der Waals surface area contributed by atoms with Crippen molar-refractivity contribution in [1.29, 1.82) is 0 Å². The van der Waals surface area contributed by atoms with Gasteiger partial charge in [0.2, 0.25) is 0 Å². The molecule has 0 spiro atoms. The Labute approximate surface area is 181 Å². The van der Waals surface area contributed by atoms with Crippen LogP contribution in [0, 0.1) is 0 Å². The molecule has 0 N–H and O–H groups in total. The van der Waals surface area contributed by atoms with Gasteiger partial charge >= 0.3 is 5.69 Å². The Bertz CT molecular complexity index is 1220. The summed E-state index contributed by atoms with van der Waals surface area (Å²) in [5.41, 5.74) is 5.07. The van der Waals surface area contributed by atoms with Gasteiger partial charge in [-0.3, -0.25) is 9.13 Å². The lowest BCUT2D eigenvalue weighted by Crippen LogP contribution is -2.25. The van der Waals surface area contributed by atoms with E-state index < -0.39 is 0 Å². The molecule has 0 radical (unpaired) electrons. The van der Waals surface area contributed by atoms with Crippen LogP contribution >= 0.6 is 0 Å². The van der Waals surface area contributed by atoms with Crippen LogP contribution in [0.1, 0.15) is 37.9 Å². The number of rotatable bonds is 8. The van der Waals surface area contributed by atoms with Gasteiger partial charge in [0.15, 0.2) is 0 Å². The summed E-state index contributed by atoms with van der Waals surface area (Å²) in [5, 5.41) is 11.5. The van der Waals surface area contributed by atoms with Crippen molar-refractivity contribution in [3.63, 3.8) is 0 Å². The van der Waals surface area contributed by atoms with E-state index in [2.05, 4.69) is 65.8 Å². The van der Waals surface area contributed by atoms with E-state index in [9.17, 15) is 4.79 Å². The van der Waals surface area contributed by atoms with E-state index in [1.54, 1.807) is 15.6 Å². The molecule has 2 heterocycles. The Hall–Kier alpha value is -3.74. The molecule has 4 rings (SSSR count). The Balaban J connectivity index is 1.64. The topological polar surface area (TPSA) is 70.5 Å². The Kier molecular flexibility index (Phi) is 6.21. The van der Waals surface area contributed by atoms with E-state index in [1.165, 1.54) is 0 Å². The molecule has 7 heteroatoms.